The Kier molecular flexibility index (Phi) is 6.37. The van der Waals surface area contributed by atoms with E-state index in [0.717, 1.165) is 23.2 Å². The Balaban J connectivity index is 1.65. The van der Waals surface area contributed by atoms with Crippen molar-refractivity contribution in [1.29, 1.82) is 0 Å². The summed E-state index contributed by atoms with van der Waals surface area (Å²) < 4.78 is 1.83. The highest BCUT2D eigenvalue weighted by molar-refractivity contribution is 5.90. The van der Waals surface area contributed by atoms with Crippen molar-refractivity contribution in [2.75, 3.05) is 6.54 Å². The van der Waals surface area contributed by atoms with E-state index in [4.69, 9.17) is 5.73 Å². The number of aryl methyl sites for hydroxylation is 1. The van der Waals surface area contributed by atoms with Crippen LogP contribution in [0.3, 0.4) is 0 Å². The normalized spacial score (nSPS) is 18.7. The number of amides is 2. The number of rotatable bonds is 6. The topological polar surface area (TPSA) is 93.2 Å². The molecule has 1 aliphatic heterocycles. The van der Waals surface area contributed by atoms with Gasteiger partial charge in [-0.1, -0.05) is 38.1 Å². The Morgan fingerprint density at radius 2 is 1.86 bits per heavy atom. The summed E-state index contributed by atoms with van der Waals surface area (Å²) in [6.07, 6.45) is 3.27. The van der Waals surface area contributed by atoms with Crippen LogP contribution in [0.2, 0.25) is 0 Å². The van der Waals surface area contributed by atoms with Gasteiger partial charge in [0.2, 0.25) is 11.8 Å². The van der Waals surface area contributed by atoms with E-state index in [0.29, 0.717) is 13.0 Å². The van der Waals surface area contributed by atoms with Crippen LogP contribution in [0.1, 0.15) is 45.2 Å². The van der Waals surface area contributed by atoms with Crippen LogP contribution in [-0.4, -0.2) is 45.1 Å². The number of carbonyl (C=O) groups excluding carboxylic acids is 2. The summed E-state index contributed by atoms with van der Waals surface area (Å²) in [6, 6.07) is 8.89. The van der Waals surface area contributed by atoms with Crippen LogP contribution in [0.4, 0.5) is 0 Å². The Morgan fingerprint density at radius 1 is 1.17 bits per heavy atom. The zero-order valence-corrected chi connectivity index (χ0v) is 17.6. The molecule has 0 radical (unpaired) electrons. The molecule has 0 saturated carbocycles. The minimum Gasteiger partial charge on any atom is -0.348 e. The second kappa shape index (κ2) is 8.78. The molecule has 2 aromatic rings. The van der Waals surface area contributed by atoms with Gasteiger partial charge in [0.05, 0.1) is 17.8 Å². The van der Waals surface area contributed by atoms with Gasteiger partial charge in [-0.05, 0) is 42.9 Å². The van der Waals surface area contributed by atoms with Gasteiger partial charge in [0.1, 0.15) is 6.04 Å². The summed E-state index contributed by atoms with van der Waals surface area (Å²) in [4.78, 5) is 27.2. The van der Waals surface area contributed by atoms with Gasteiger partial charge < -0.3 is 16.0 Å². The maximum atomic E-state index is 12.9. The van der Waals surface area contributed by atoms with Gasteiger partial charge in [-0.2, -0.15) is 5.10 Å². The number of likely N-dealkylation sites (tertiary alicyclic amines) is 1. The van der Waals surface area contributed by atoms with Crippen LogP contribution in [0, 0.1) is 5.92 Å². The second-order valence-corrected chi connectivity index (χ2v) is 8.15. The van der Waals surface area contributed by atoms with E-state index in [2.05, 4.69) is 10.4 Å². The molecule has 3 N–H and O–H groups in total. The van der Waals surface area contributed by atoms with Gasteiger partial charge in [-0.3, -0.25) is 14.3 Å². The highest BCUT2D eigenvalue weighted by Gasteiger charge is 2.37. The minimum absolute atomic E-state index is 0.0451. The lowest BCUT2D eigenvalue weighted by atomic mass is 10.0. The third kappa shape index (κ3) is 4.50. The number of hydrogen-bond donors (Lipinski definition) is 2. The van der Waals surface area contributed by atoms with Crippen molar-refractivity contribution in [3.63, 3.8) is 0 Å². The van der Waals surface area contributed by atoms with Crippen molar-refractivity contribution in [3.05, 3.63) is 42.1 Å². The van der Waals surface area contributed by atoms with Crippen molar-refractivity contribution in [1.82, 2.24) is 20.0 Å². The van der Waals surface area contributed by atoms with Crippen molar-refractivity contribution < 1.29 is 9.59 Å². The molecule has 1 fully saturated rings. The fourth-order valence-corrected chi connectivity index (χ4v) is 3.77. The van der Waals surface area contributed by atoms with Gasteiger partial charge >= 0.3 is 0 Å². The molecular formula is C22H31N5O2. The van der Waals surface area contributed by atoms with Crippen molar-refractivity contribution in [3.8, 4) is 11.3 Å². The zero-order chi connectivity index (χ0) is 21.1. The fourth-order valence-electron chi connectivity index (χ4n) is 3.77. The molecule has 2 heterocycles. The summed E-state index contributed by atoms with van der Waals surface area (Å²) in [7, 11) is 1.91. The highest BCUT2D eigenvalue weighted by atomic mass is 16.2. The molecule has 0 aliphatic carbocycles. The third-order valence-corrected chi connectivity index (χ3v) is 5.73. The summed E-state index contributed by atoms with van der Waals surface area (Å²) in [5.74, 6) is -0.204. The fraction of sp³-hybridized carbons (Fsp3) is 0.500. The maximum absolute atomic E-state index is 12.9. The Bertz CT molecular complexity index is 858. The predicted octanol–water partition coefficient (Wildman–Crippen LogP) is 2.24. The molecule has 3 unspecified atom stereocenters. The number of carbonyl (C=O) groups is 2. The molecule has 1 aromatic carbocycles. The summed E-state index contributed by atoms with van der Waals surface area (Å²) >= 11 is 0. The van der Waals surface area contributed by atoms with Crippen LogP contribution in [0.25, 0.3) is 11.3 Å². The molecule has 7 nitrogen and oxygen atoms in total. The van der Waals surface area contributed by atoms with Gasteiger partial charge in [0.25, 0.3) is 0 Å². The van der Waals surface area contributed by atoms with Crippen LogP contribution >= 0.6 is 0 Å². The SMILES string of the molecule is CC(NC(=O)C1CCCN1C(=O)C(N)C(C)C)c1ccc(-c2ccnn2C)cc1. The first kappa shape index (κ1) is 21.0. The molecule has 2 amide bonds. The van der Waals surface area contributed by atoms with E-state index in [1.54, 1.807) is 11.1 Å². The maximum Gasteiger partial charge on any atom is 0.243 e. The second-order valence-electron chi connectivity index (χ2n) is 8.15. The lowest BCUT2D eigenvalue weighted by Gasteiger charge is -2.29. The Labute approximate surface area is 172 Å². The van der Waals surface area contributed by atoms with Crippen LogP contribution in [0.5, 0.6) is 0 Å². The van der Waals surface area contributed by atoms with Crippen LogP contribution in [0.15, 0.2) is 36.5 Å². The summed E-state index contributed by atoms with van der Waals surface area (Å²) in [6.45, 7) is 6.39. The lowest BCUT2D eigenvalue weighted by Crippen LogP contribution is -2.52. The van der Waals surface area contributed by atoms with E-state index in [9.17, 15) is 9.59 Å². The first-order valence-electron chi connectivity index (χ1n) is 10.2. The van der Waals surface area contributed by atoms with Gasteiger partial charge in [-0.25, -0.2) is 0 Å². The summed E-state index contributed by atoms with van der Waals surface area (Å²) in [5.41, 5.74) is 9.15. The molecule has 7 heteroatoms. The molecule has 156 valence electrons. The number of aromatic nitrogens is 2. The van der Waals surface area contributed by atoms with Crippen molar-refractivity contribution in [2.45, 2.75) is 51.7 Å². The monoisotopic (exact) mass is 397 g/mol. The number of nitrogens with two attached hydrogens (primary N) is 1. The largest absolute Gasteiger partial charge is 0.348 e. The summed E-state index contributed by atoms with van der Waals surface area (Å²) in [5, 5.41) is 7.26. The Hall–Kier alpha value is -2.67. The molecule has 3 atom stereocenters. The molecule has 0 spiro atoms. The van der Waals surface area contributed by atoms with E-state index < -0.39 is 12.1 Å². The van der Waals surface area contributed by atoms with E-state index in [-0.39, 0.29) is 23.8 Å². The minimum atomic E-state index is -0.569. The van der Waals surface area contributed by atoms with Crippen LogP contribution in [-0.2, 0) is 16.6 Å². The van der Waals surface area contributed by atoms with Crippen LogP contribution < -0.4 is 11.1 Å². The van der Waals surface area contributed by atoms with Crippen molar-refractivity contribution >= 4 is 11.8 Å². The number of hydrogen-bond acceptors (Lipinski definition) is 4. The smallest absolute Gasteiger partial charge is 0.243 e. The molecule has 3 rings (SSSR count). The molecule has 1 aromatic heterocycles. The molecule has 29 heavy (non-hydrogen) atoms. The Morgan fingerprint density at radius 3 is 2.45 bits per heavy atom. The van der Waals surface area contributed by atoms with E-state index >= 15 is 0 Å². The average molecular weight is 398 g/mol. The van der Waals surface area contributed by atoms with E-state index in [1.807, 2.05) is 62.8 Å². The lowest BCUT2D eigenvalue weighted by molar-refractivity contribution is -0.140. The van der Waals surface area contributed by atoms with Gasteiger partial charge in [0, 0.05) is 19.8 Å². The zero-order valence-electron chi connectivity index (χ0n) is 17.6. The van der Waals surface area contributed by atoms with Gasteiger partial charge in [0.15, 0.2) is 0 Å². The number of nitrogens with zero attached hydrogens (tertiary/aromatic N) is 3. The van der Waals surface area contributed by atoms with E-state index in [1.165, 1.54) is 0 Å². The third-order valence-electron chi connectivity index (χ3n) is 5.73. The average Bonchev–Trinajstić information content (AvgIpc) is 3.35. The van der Waals surface area contributed by atoms with Gasteiger partial charge in [-0.15, -0.1) is 0 Å². The molecule has 0 bridgehead atoms. The number of benzene rings is 1. The molecule has 1 saturated heterocycles. The quantitative estimate of drug-likeness (QED) is 0.782. The first-order valence-corrected chi connectivity index (χ1v) is 10.2. The molecule has 1 aliphatic rings. The predicted molar refractivity (Wildman–Crippen MR) is 113 cm³/mol. The van der Waals surface area contributed by atoms with Crippen molar-refractivity contribution in [2.24, 2.45) is 18.7 Å². The molecular weight excluding hydrogens is 366 g/mol. The number of nitrogens with one attached hydrogen (secondary N) is 1. The first-order chi connectivity index (χ1) is 13.8. The standard InChI is InChI=1S/C22H31N5O2/c1-14(2)20(23)22(29)27-13-5-6-19(27)21(28)25-15(3)16-7-9-17(10-8-16)18-11-12-24-26(18)4/h7-12,14-15,19-20H,5-6,13,23H2,1-4H3,(H,25,28). The highest BCUT2D eigenvalue weighted by Crippen LogP contribution is 2.23.